The number of benzene rings is 1. The van der Waals surface area contributed by atoms with Gasteiger partial charge in [-0.25, -0.2) is 0 Å². The van der Waals surface area contributed by atoms with Crippen LogP contribution in [0, 0.1) is 5.41 Å². The van der Waals surface area contributed by atoms with Gasteiger partial charge in [-0.2, -0.15) is 8.78 Å². The lowest BCUT2D eigenvalue weighted by Gasteiger charge is -2.11. The quantitative estimate of drug-likeness (QED) is 0.856. The first-order valence-corrected chi connectivity index (χ1v) is 6.52. The molecule has 0 fully saturated rings. The molecule has 1 aromatic heterocycles. The van der Waals surface area contributed by atoms with Crippen LogP contribution in [0.5, 0.6) is 5.75 Å². The highest BCUT2D eigenvalue weighted by Gasteiger charge is 2.10. The van der Waals surface area contributed by atoms with Gasteiger partial charge in [-0.15, -0.1) is 12.4 Å². The molecule has 5 nitrogen and oxygen atoms in total. The van der Waals surface area contributed by atoms with E-state index in [0.29, 0.717) is 5.56 Å². The summed E-state index contributed by atoms with van der Waals surface area (Å²) in [6.45, 7) is -2.76. The molecule has 124 valence electrons. The fourth-order valence-corrected chi connectivity index (χ4v) is 2.17. The van der Waals surface area contributed by atoms with Crippen LogP contribution in [0.15, 0.2) is 36.5 Å². The highest BCUT2D eigenvalue weighted by Crippen LogP contribution is 2.17. The number of nitrogens with one attached hydrogen (secondary N) is 1. The predicted molar refractivity (Wildman–Crippen MR) is 83.2 cm³/mol. The van der Waals surface area contributed by atoms with Gasteiger partial charge in [-0.05, 0) is 23.8 Å². The monoisotopic (exact) mass is 363 g/mol. The van der Waals surface area contributed by atoms with Gasteiger partial charge in [0.2, 0.25) is 0 Å². The van der Waals surface area contributed by atoms with E-state index in [4.69, 9.17) is 22.7 Å². The number of pyridine rings is 1. The molecule has 0 saturated carbocycles. The zero-order valence-electron chi connectivity index (χ0n) is 11.6. The Labute approximate surface area is 141 Å². The smallest absolute Gasteiger partial charge is 0.387 e. The van der Waals surface area contributed by atoms with E-state index in [1.165, 1.54) is 29.0 Å². The van der Waals surface area contributed by atoms with Crippen molar-refractivity contribution in [2.75, 3.05) is 0 Å². The molecule has 0 atom stereocenters. The van der Waals surface area contributed by atoms with E-state index >= 15 is 0 Å². The molecule has 1 aromatic carbocycles. The Hall–Kier alpha value is -2.12. The summed E-state index contributed by atoms with van der Waals surface area (Å²) >= 11 is 5.90. The summed E-state index contributed by atoms with van der Waals surface area (Å²) < 4.78 is 30.1. The predicted octanol–water partition coefficient (Wildman–Crippen LogP) is 2.79. The number of nitrogens with zero attached hydrogens (tertiary/aromatic N) is 1. The Morgan fingerprint density at radius 2 is 2.09 bits per heavy atom. The molecule has 0 aliphatic carbocycles. The topological polar surface area (TPSA) is 81.1 Å². The molecule has 0 spiro atoms. The number of amides is 1. The Bertz CT molecular complexity index is 766. The van der Waals surface area contributed by atoms with E-state index in [9.17, 15) is 13.6 Å². The lowest BCUT2D eigenvalue weighted by molar-refractivity contribution is -0.0498. The molecular weight excluding hydrogens is 351 g/mol. The first-order chi connectivity index (χ1) is 10.4. The minimum atomic E-state index is -2.91. The average molecular weight is 364 g/mol. The number of aromatic nitrogens is 1. The van der Waals surface area contributed by atoms with Crippen molar-refractivity contribution < 1.29 is 18.3 Å². The summed E-state index contributed by atoms with van der Waals surface area (Å²) in [5, 5.41) is 8.18. The second-order valence-corrected chi connectivity index (χ2v) is 4.88. The van der Waals surface area contributed by atoms with Gasteiger partial charge >= 0.3 is 6.61 Å². The number of hydrogen-bond donors (Lipinski definition) is 2. The summed E-state index contributed by atoms with van der Waals surface area (Å²) in [6.07, 6.45) is 1.46. The molecule has 0 saturated heterocycles. The minimum Gasteiger partial charge on any atom is -0.435 e. The van der Waals surface area contributed by atoms with Gasteiger partial charge in [0.15, 0.2) is 0 Å². The number of nitrogens with two attached hydrogens (primary N) is 1. The molecule has 0 bridgehead atoms. The first kappa shape index (κ1) is 18.9. The second kappa shape index (κ2) is 7.94. The third-order valence-corrected chi connectivity index (χ3v) is 3.05. The van der Waals surface area contributed by atoms with Gasteiger partial charge in [0.1, 0.15) is 11.2 Å². The van der Waals surface area contributed by atoms with Crippen molar-refractivity contribution in [3.8, 4) is 5.75 Å². The Morgan fingerprint density at radius 3 is 2.70 bits per heavy atom. The molecule has 0 aliphatic heterocycles. The number of hydrogen-bond acceptors (Lipinski definition) is 3. The van der Waals surface area contributed by atoms with Crippen LogP contribution in [0.4, 0.5) is 8.78 Å². The number of alkyl halides is 2. The number of rotatable bonds is 5. The molecule has 1 amide bonds. The number of primary amides is 1. The molecule has 1 heterocycles. The van der Waals surface area contributed by atoms with Gasteiger partial charge in [0.25, 0.3) is 5.91 Å². The standard InChI is InChI=1S/C14H12ClF2N3O2.ClH/c15-9-5-11(13(19)21)12(18)20(7-9)6-8-2-1-3-10(4-8)22-14(16)17;/h1-5,7,14,18H,6H2,(H2,19,21);1H. The van der Waals surface area contributed by atoms with Crippen molar-refractivity contribution in [2.45, 2.75) is 13.2 Å². The molecule has 3 N–H and O–H groups in total. The lowest BCUT2D eigenvalue weighted by Crippen LogP contribution is -2.29. The first-order valence-electron chi connectivity index (χ1n) is 6.15. The number of carbonyl (C=O) groups is 1. The molecule has 0 radical (unpaired) electrons. The van der Waals surface area contributed by atoms with Crippen molar-refractivity contribution in [3.05, 3.63) is 58.2 Å². The maximum absolute atomic E-state index is 12.2. The molecule has 2 rings (SSSR count). The molecule has 23 heavy (non-hydrogen) atoms. The van der Waals surface area contributed by atoms with Gasteiger partial charge in [0, 0.05) is 12.7 Å². The van der Waals surface area contributed by atoms with Crippen LogP contribution in [0.2, 0.25) is 5.02 Å². The van der Waals surface area contributed by atoms with Crippen LogP contribution in [-0.4, -0.2) is 17.1 Å². The summed E-state index contributed by atoms with van der Waals surface area (Å²) in [7, 11) is 0. The number of carbonyl (C=O) groups excluding carboxylic acids is 1. The molecule has 0 unspecified atom stereocenters. The van der Waals surface area contributed by atoms with Gasteiger partial charge < -0.3 is 15.0 Å². The zero-order chi connectivity index (χ0) is 16.3. The highest BCUT2D eigenvalue weighted by molar-refractivity contribution is 6.30. The number of ether oxygens (including phenoxy) is 1. The Morgan fingerprint density at radius 1 is 1.39 bits per heavy atom. The van der Waals surface area contributed by atoms with Gasteiger partial charge in [-0.3, -0.25) is 10.2 Å². The van der Waals surface area contributed by atoms with Crippen LogP contribution >= 0.6 is 24.0 Å². The third kappa shape index (κ3) is 4.94. The fraction of sp³-hybridized carbons (Fsp3) is 0.143. The van der Waals surface area contributed by atoms with E-state index in [0.717, 1.165) is 0 Å². The van der Waals surface area contributed by atoms with E-state index in [-0.39, 0.29) is 40.8 Å². The lowest BCUT2D eigenvalue weighted by atomic mass is 10.2. The van der Waals surface area contributed by atoms with Crippen molar-refractivity contribution in [1.29, 1.82) is 5.41 Å². The largest absolute Gasteiger partial charge is 0.435 e. The minimum absolute atomic E-state index is 0. The third-order valence-electron chi connectivity index (χ3n) is 2.85. The normalized spacial score (nSPS) is 10.3. The Balaban J connectivity index is 0.00000264. The molecular formula is C14H13Cl2F2N3O2. The van der Waals surface area contributed by atoms with Crippen molar-refractivity contribution in [1.82, 2.24) is 4.57 Å². The highest BCUT2D eigenvalue weighted by atomic mass is 35.5. The maximum atomic E-state index is 12.2. The molecule has 9 heteroatoms. The van der Waals surface area contributed by atoms with Crippen LogP contribution < -0.4 is 16.0 Å². The summed E-state index contributed by atoms with van der Waals surface area (Å²) in [6, 6.07) is 7.35. The van der Waals surface area contributed by atoms with E-state index < -0.39 is 12.5 Å². The summed E-state index contributed by atoms with van der Waals surface area (Å²) in [5.41, 5.74) is 5.66. The van der Waals surface area contributed by atoms with E-state index in [2.05, 4.69) is 4.74 Å². The maximum Gasteiger partial charge on any atom is 0.387 e. The van der Waals surface area contributed by atoms with Crippen LogP contribution in [0.1, 0.15) is 15.9 Å². The van der Waals surface area contributed by atoms with Gasteiger partial charge in [0.05, 0.1) is 10.6 Å². The molecule has 0 aliphatic rings. The van der Waals surface area contributed by atoms with Gasteiger partial charge in [-0.1, -0.05) is 23.7 Å². The van der Waals surface area contributed by atoms with Crippen LogP contribution in [-0.2, 0) is 6.54 Å². The van der Waals surface area contributed by atoms with Crippen molar-refractivity contribution >= 4 is 29.9 Å². The van der Waals surface area contributed by atoms with E-state index in [1.807, 2.05) is 0 Å². The fourth-order valence-electron chi connectivity index (χ4n) is 1.94. The second-order valence-electron chi connectivity index (χ2n) is 4.44. The average Bonchev–Trinajstić information content (AvgIpc) is 2.42. The summed E-state index contributed by atoms with van der Waals surface area (Å²) in [5.74, 6) is -0.757. The Kier molecular flexibility index (Phi) is 6.53. The zero-order valence-corrected chi connectivity index (χ0v) is 13.2. The van der Waals surface area contributed by atoms with Crippen molar-refractivity contribution in [2.24, 2.45) is 5.73 Å². The van der Waals surface area contributed by atoms with E-state index in [1.54, 1.807) is 12.1 Å². The van der Waals surface area contributed by atoms with Crippen molar-refractivity contribution in [3.63, 3.8) is 0 Å². The number of halogens is 4. The van der Waals surface area contributed by atoms with Crippen LogP contribution in [0.25, 0.3) is 0 Å². The summed E-state index contributed by atoms with van der Waals surface area (Å²) in [4.78, 5) is 11.3. The molecule has 2 aromatic rings. The SMILES string of the molecule is Cl.N=c1c(C(N)=O)cc(Cl)cn1Cc1cccc(OC(F)F)c1. The van der Waals surface area contributed by atoms with Crippen LogP contribution in [0.3, 0.4) is 0 Å².